The number of Topliss-reactive ketones (excluding diaryl/α,β-unsaturated/α-hetero) is 1. The second-order valence-corrected chi connectivity index (χ2v) is 17.6. The van der Waals surface area contributed by atoms with Gasteiger partial charge in [0.2, 0.25) is 0 Å². The molecule has 2 bridgehead atoms. The van der Waals surface area contributed by atoms with Gasteiger partial charge in [-0.2, -0.15) is 0 Å². The lowest BCUT2D eigenvalue weighted by molar-refractivity contribution is -0.346. The molecule has 2 unspecified atom stereocenters. The number of rotatable bonds is 8. The molecule has 3 aliphatic carbocycles. The summed E-state index contributed by atoms with van der Waals surface area (Å²) < 4.78 is 29.5. The fourth-order valence-corrected chi connectivity index (χ4v) is 9.56. The number of aliphatic hydroxyl groups is 4. The summed E-state index contributed by atoms with van der Waals surface area (Å²) in [4.78, 5) is 68.9. The zero-order valence-corrected chi connectivity index (χ0v) is 33.9. The highest BCUT2D eigenvalue weighted by molar-refractivity contribution is 5.94. The van der Waals surface area contributed by atoms with Gasteiger partial charge in [0.15, 0.2) is 17.5 Å². The topological polar surface area (TPSA) is 224 Å². The number of alkyl carbamates (subject to hydrolysis) is 1. The molecule has 2 aromatic carbocycles. The normalized spacial score (nSPS) is 33.7. The van der Waals surface area contributed by atoms with Crippen LogP contribution < -0.4 is 5.32 Å². The first kappa shape index (κ1) is 42.9. The molecule has 0 aromatic heterocycles. The second-order valence-electron chi connectivity index (χ2n) is 17.6. The van der Waals surface area contributed by atoms with Crippen LogP contribution in [0.3, 0.4) is 0 Å². The van der Waals surface area contributed by atoms with Crippen LogP contribution >= 0.6 is 0 Å². The van der Waals surface area contributed by atoms with Crippen molar-refractivity contribution in [2.75, 3.05) is 6.61 Å². The highest BCUT2D eigenvalue weighted by atomic mass is 16.6. The molecule has 58 heavy (non-hydrogen) atoms. The Bertz CT molecular complexity index is 1980. The van der Waals surface area contributed by atoms with Crippen LogP contribution in [0.5, 0.6) is 0 Å². The molecular weight excluding hydrogens is 754 g/mol. The van der Waals surface area contributed by atoms with Gasteiger partial charge in [-0.15, -0.1) is 0 Å². The smallest absolute Gasteiger partial charge is 0.408 e. The number of nitrogens with one attached hydrogen (secondary N) is 1. The molecule has 6 rings (SSSR count). The molecule has 3 fully saturated rings. The van der Waals surface area contributed by atoms with Crippen LogP contribution in [0.4, 0.5) is 4.79 Å². The quantitative estimate of drug-likeness (QED) is 0.147. The fraction of sp³-hybridized carbons (Fsp3) is 0.558. The summed E-state index contributed by atoms with van der Waals surface area (Å²) in [5, 5.41) is 51.6. The maximum atomic E-state index is 14.9. The number of carbonyl (C=O) groups excluding carboxylic acids is 5. The van der Waals surface area contributed by atoms with E-state index in [2.05, 4.69) is 5.32 Å². The SMILES string of the molecule is CC(=O)O[C@@]12CO[C@@H]1C[C@H](O)[C@@]1(C)C(=O)[C@H](O)C3=C(C)[C@@H](OC(=O)[C@H](O)C(NC(=O)OC(C)(C)C)c4ccccc4)C[C@@](O)([C@@H](OC(=O)c4ccccc4)C12)C3(C)C. The lowest BCUT2D eigenvalue weighted by Gasteiger charge is -2.67. The summed E-state index contributed by atoms with van der Waals surface area (Å²) in [7, 11) is 0. The predicted octanol–water partition coefficient (Wildman–Crippen LogP) is 3.26. The maximum absolute atomic E-state index is 14.9. The van der Waals surface area contributed by atoms with Gasteiger partial charge < -0.3 is 49.4 Å². The van der Waals surface area contributed by atoms with Crippen LogP contribution in [0, 0.1) is 16.7 Å². The van der Waals surface area contributed by atoms with Crippen LogP contribution in [-0.4, -0.2) is 110 Å². The van der Waals surface area contributed by atoms with Crippen molar-refractivity contribution >= 4 is 29.8 Å². The summed E-state index contributed by atoms with van der Waals surface area (Å²) in [6.07, 6.45) is -11.5. The lowest BCUT2D eigenvalue weighted by Crippen LogP contribution is -2.81. The number of ether oxygens (including phenoxy) is 5. The molecule has 2 aromatic rings. The zero-order chi connectivity index (χ0) is 42.7. The van der Waals surface area contributed by atoms with Crippen molar-refractivity contribution in [3.05, 3.63) is 82.9 Å². The number of benzene rings is 2. The van der Waals surface area contributed by atoms with Gasteiger partial charge in [0.1, 0.15) is 35.6 Å². The van der Waals surface area contributed by atoms with Crippen molar-refractivity contribution in [1.82, 2.24) is 5.32 Å². The summed E-state index contributed by atoms with van der Waals surface area (Å²) >= 11 is 0. The minimum atomic E-state index is -2.35. The number of hydrogen-bond donors (Lipinski definition) is 5. The average Bonchev–Trinajstić information content (AvgIpc) is 3.14. The third kappa shape index (κ3) is 7.10. The molecule has 1 heterocycles. The summed E-state index contributed by atoms with van der Waals surface area (Å²) in [6.45, 7) is 11.8. The Morgan fingerprint density at radius 1 is 0.948 bits per heavy atom. The van der Waals surface area contributed by atoms with Gasteiger partial charge in [-0.3, -0.25) is 9.59 Å². The molecule has 5 N–H and O–H groups in total. The Morgan fingerprint density at radius 3 is 2.10 bits per heavy atom. The van der Waals surface area contributed by atoms with Gasteiger partial charge in [-0.1, -0.05) is 62.4 Å². The summed E-state index contributed by atoms with van der Waals surface area (Å²) in [6, 6.07) is 14.6. The van der Waals surface area contributed by atoms with E-state index in [0.29, 0.717) is 5.56 Å². The van der Waals surface area contributed by atoms with Crippen LogP contribution in [0.1, 0.15) is 90.2 Å². The first-order valence-corrected chi connectivity index (χ1v) is 19.3. The number of aliphatic hydroxyl groups excluding tert-OH is 3. The van der Waals surface area contributed by atoms with Crippen LogP contribution in [0.15, 0.2) is 71.8 Å². The van der Waals surface area contributed by atoms with Gasteiger partial charge >= 0.3 is 24.0 Å². The molecule has 1 amide bonds. The van der Waals surface area contributed by atoms with Gasteiger partial charge in [-0.05, 0) is 63.5 Å². The van der Waals surface area contributed by atoms with Gasteiger partial charge in [0.05, 0.1) is 35.6 Å². The van der Waals surface area contributed by atoms with Gasteiger partial charge in [0, 0.05) is 25.2 Å². The third-order valence-electron chi connectivity index (χ3n) is 12.6. The van der Waals surface area contributed by atoms with E-state index in [1.807, 2.05) is 0 Å². The van der Waals surface area contributed by atoms with Crippen molar-refractivity contribution in [2.45, 2.75) is 128 Å². The number of fused-ring (bicyclic) bond motifs is 5. The van der Waals surface area contributed by atoms with E-state index in [4.69, 9.17) is 23.7 Å². The average molecular weight is 808 g/mol. The minimum Gasteiger partial charge on any atom is -0.456 e. The molecule has 11 atom stereocenters. The van der Waals surface area contributed by atoms with E-state index in [1.54, 1.807) is 83.1 Å². The largest absolute Gasteiger partial charge is 0.456 e. The van der Waals surface area contributed by atoms with E-state index in [1.165, 1.54) is 26.0 Å². The fourth-order valence-electron chi connectivity index (χ4n) is 9.56. The maximum Gasteiger partial charge on any atom is 0.408 e. The number of carbonyl (C=O) groups is 5. The van der Waals surface area contributed by atoms with E-state index in [-0.39, 0.29) is 29.7 Å². The molecular formula is C43H53NO14. The standard InChI is InChI=1S/C43H53NO14/c1-22-26(55-37(51)32(48)30(24-15-11-9-12-16-24)44-38(52)58-39(3,4)5)20-43(53)35(56-36(50)25-17-13-10-14-18-25)33-41(8,34(49)31(47)29(22)40(43,6)7)27(46)19-28-42(33,21-54-28)57-23(2)45/h9-18,26-28,30-33,35,46-48,53H,19-21H2,1-8H3,(H,44,52)/t26-,27-,28+,30?,31+,32+,33?,35-,41+,42-,43+/m0/s1. The predicted molar refractivity (Wildman–Crippen MR) is 204 cm³/mol. The van der Waals surface area contributed by atoms with Crippen molar-refractivity contribution in [2.24, 2.45) is 16.7 Å². The molecule has 1 aliphatic heterocycles. The molecule has 0 radical (unpaired) electrons. The van der Waals surface area contributed by atoms with Crippen LogP contribution in [-0.2, 0) is 38.1 Å². The molecule has 1 saturated heterocycles. The molecule has 15 heteroatoms. The van der Waals surface area contributed by atoms with Crippen LogP contribution in [0.25, 0.3) is 0 Å². The van der Waals surface area contributed by atoms with Crippen molar-refractivity contribution < 1.29 is 68.1 Å². The first-order chi connectivity index (χ1) is 27.0. The Hall–Kier alpha value is -4.67. The number of esters is 3. The third-order valence-corrected chi connectivity index (χ3v) is 12.6. The van der Waals surface area contributed by atoms with Crippen LogP contribution in [0.2, 0.25) is 0 Å². The number of amides is 1. The molecule has 4 aliphatic rings. The Labute approximate surface area is 336 Å². The first-order valence-electron chi connectivity index (χ1n) is 19.3. The van der Waals surface area contributed by atoms with E-state index in [0.717, 1.165) is 6.92 Å². The second kappa shape index (κ2) is 15.2. The van der Waals surface area contributed by atoms with Crippen molar-refractivity contribution in [3.63, 3.8) is 0 Å². The highest BCUT2D eigenvalue weighted by Gasteiger charge is 2.78. The van der Waals surface area contributed by atoms with Gasteiger partial charge in [0.25, 0.3) is 0 Å². The summed E-state index contributed by atoms with van der Waals surface area (Å²) in [5.41, 5.74) is -8.14. The Kier molecular flexibility index (Phi) is 11.2. The molecule has 15 nitrogen and oxygen atoms in total. The van der Waals surface area contributed by atoms with E-state index in [9.17, 15) is 44.4 Å². The molecule has 0 spiro atoms. The highest BCUT2D eigenvalue weighted by Crippen LogP contribution is 2.64. The van der Waals surface area contributed by atoms with Crippen molar-refractivity contribution in [3.8, 4) is 0 Å². The van der Waals surface area contributed by atoms with E-state index >= 15 is 0 Å². The van der Waals surface area contributed by atoms with Gasteiger partial charge in [-0.25, -0.2) is 14.4 Å². The lowest BCUT2D eigenvalue weighted by atomic mass is 9.44. The number of ketones is 1. The Balaban J connectivity index is 1.49. The summed E-state index contributed by atoms with van der Waals surface area (Å²) in [5.74, 6) is -5.36. The minimum absolute atomic E-state index is 0.0637. The molecule has 314 valence electrons. The molecule has 2 saturated carbocycles. The van der Waals surface area contributed by atoms with E-state index < -0.39 is 112 Å². The Morgan fingerprint density at radius 2 is 1.55 bits per heavy atom. The zero-order valence-electron chi connectivity index (χ0n) is 33.9. The van der Waals surface area contributed by atoms with Crippen molar-refractivity contribution in [1.29, 1.82) is 0 Å². The number of hydrogen-bond acceptors (Lipinski definition) is 14. The monoisotopic (exact) mass is 807 g/mol.